The Morgan fingerprint density at radius 2 is 1.69 bits per heavy atom. The number of aromatic nitrogens is 1. The van der Waals surface area contributed by atoms with Crippen molar-refractivity contribution in [1.82, 2.24) is 14.8 Å². The number of para-hydroxylation sites is 1. The van der Waals surface area contributed by atoms with E-state index in [4.69, 9.17) is 0 Å². The molecule has 0 atom stereocenters. The van der Waals surface area contributed by atoms with Crippen LogP contribution in [0.25, 0.3) is 10.2 Å². The lowest BCUT2D eigenvalue weighted by molar-refractivity contribution is 0.0785. The number of amides is 1. The van der Waals surface area contributed by atoms with E-state index in [2.05, 4.69) is 41.9 Å². The summed E-state index contributed by atoms with van der Waals surface area (Å²) in [6.45, 7) is 7.84. The lowest BCUT2D eigenvalue weighted by Crippen LogP contribution is -2.26. The van der Waals surface area contributed by atoms with Gasteiger partial charge in [0.1, 0.15) is 5.01 Å². The average molecular weight is 368 g/mol. The molecule has 0 bridgehead atoms. The van der Waals surface area contributed by atoms with E-state index in [1.54, 1.807) is 16.2 Å². The van der Waals surface area contributed by atoms with Crippen LogP contribution in [0.1, 0.15) is 34.8 Å². The Hall–Kier alpha value is -2.24. The second-order valence-corrected chi connectivity index (χ2v) is 7.51. The number of hydrogen-bond acceptors (Lipinski definition) is 4. The van der Waals surface area contributed by atoms with Gasteiger partial charge in [-0.1, -0.05) is 38.1 Å². The minimum atomic E-state index is 0.0265. The van der Waals surface area contributed by atoms with Gasteiger partial charge in [-0.05, 0) is 42.9 Å². The number of rotatable bonds is 7. The van der Waals surface area contributed by atoms with Crippen LogP contribution in [-0.4, -0.2) is 40.8 Å². The first-order chi connectivity index (χ1) is 12.6. The number of hydrogen-bond donors (Lipinski definition) is 0. The third-order valence-electron chi connectivity index (χ3n) is 4.56. The van der Waals surface area contributed by atoms with Gasteiger partial charge in [0.15, 0.2) is 0 Å². The van der Waals surface area contributed by atoms with E-state index in [9.17, 15) is 4.79 Å². The first kappa shape index (κ1) is 18.5. The highest BCUT2D eigenvalue weighted by Crippen LogP contribution is 2.22. The fourth-order valence-corrected chi connectivity index (χ4v) is 3.96. The van der Waals surface area contributed by atoms with Gasteiger partial charge in [-0.3, -0.25) is 9.69 Å². The zero-order chi connectivity index (χ0) is 18.5. The van der Waals surface area contributed by atoms with Crippen LogP contribution < -0.4 is 0 Å². The fraction of sp³-hybridized carbons (Fsp3) is 0.333. The molecule has 26 heavy (non-hydrogen) atoms. The summed E-state index contributed by atoms with van der Waals surface area (Å²) < 4.78 is 1.16. The molecule has 0 spiro atoms. The molecule has 0 N–H and O–H groups in total. The van der Waals surface area contributed by atoms with Gasteiger partial charge in [0, 0.05) is 19.2 Å². The monoisotopic (exact) mass is 367 g/mol. The number of benzene rings is 2. The molecule has 3 aromatic rings. The standard InChI is InChI=1S/C21H25N3OS/c1-4-24(5-2)14-16-10-12-17(13-11-16)21(25)23(3)15-20-22-18-8-6-7-9-19(18)26-20/h6-13H,4-5,14-15H2,1-3H3. The van der Waals surface area contributed by atoms with Crippen LogP contribution in [-0.2, 0) is 13.1 Å². The summed E-state index contributed by atoms with van der Waals surface area (Å²) in [5.41, 5.74) is 2.95. The van der Waals surface area contributed by atoms with Gasteiger partial charge in [0.25, 0.3) is 5.91 Å². The van der Waals surface area contributed by atoms with Crippen molar-refractivity contribution in [1.29, 1.82) is 0 Å². The topological polar surface area (TPSA) is 36.4 Å². The van der Waals surface area contributed by atoms with Crippen LogP contribution in [0, 0.1) is 0 Å². The maximum absolute atomic E-state index is 12.7. The van der Waals surface area contributed by atoms with Crippen molar-refractivity contribution < 1.29 is 4.79 Å². The van der Waals surface area contributed by atoms with Crippen molar-refractivity contribution in [2.24, 2.45) is 0 Å². The molecule has 0 aliphatic carbocycles. The Balaban J connectivity index is 1.66. The summed E-state index contributed by atoms with van der Waals surface area (Å²) in [6.07, 6.45) is 0. The maximum Gasteiger partial charge on any atom is 0.253 e. The Labute approximate surface area is 159 Å². The van der Waals surface area contributed by atoms with E-state index in [-0.39, 0.29) is 5.91 Å². The number of nitrogens with zero attached hydrogens (tertiary/aromatic N) is 3. The molecule has 0 saturated heterocycles. The predicted molar refractivity (Wildman–Crippen MR) is 108 cm³/mol. The van der Waals surface area contributed by atoms with Crippen LogP contribution in [0.15, 0.2) is 48.5 Å². The van der Waals surface area contributed by atoms with Crippen LogP contribution >= 0.6 is 11.3 Å². The van der Waals surface area contributed by atoms with Gasteiger partial charge in [0.2, 0.25) is 0 Å². The minimum Gasteiger partial charge on any atom is -0.335 e. The Morgan fingerprint density at radius 3 is 2.35 bits per heavy atom. The van der Waals surface area contributed by atoms with Crippen LogP contribution in [0.5, 0.6) is 0 Å². The summed E-state index contributed by atoms with van der Waals surface area (Å²) in [6, 6.07) is 16.0. The van der Waals surface area contributed by atoms with Gasteiger partial charge < -0.3 is 4.90 Å². The van der Waals surface area contributed by atoms with E-state index in [1.165, 1.54) is 5.56 Å². The van der Waals surface area contributed by atoms with E-state index in [1.807, 2.05) is 37.4 Å². The average Bonchev–Trinajstić information content (AvgIpc) is 3.08. The van der Waals surface area contributed by atoms with Gasteiger partial charge in [-0.2, -0.15) is 0 Å². The third-order valence-corrected chi connectivity index (χ3v) is 5.58. The van der Waals surface area contributed by atoms with E-state index in [0.717, 1.165) is 40.4 Å². The fourth-order valence-electron chi connectivity index (χ4n) is 2.94. The molecule has 0 aliphatic heterocycles. The predicted octanol–water partition coefficient (Wildman–Crippen LogP) is 4.41. The molecule has 0 unspecified atom stereocenters. The maximum atomic E-state index is 12.7. The minimum absolute atomic E-state index is 0.0265. The largest absolute Gasteiger partial charge is 0.335 e. The molecule has 1 aromatic heterocycles. The van der Waals surface area contributed by atoms with Crippen LogP contribution in [0.2, 0.25) is 0 Å². The summed E-state index contributed by atoms with van der Waals surface area (Å²) in [5, 5.41) is 0.959. The SMILES string of the molecule is CCN(CC)Cc1ccc(C(=O)N(C)Cc2nc3ccccc3s2)cc1. The van der Waals surface area contributed by atoms with Crippen molar-refractivity contribution in [3.8, 4) is 0 Å². The molecule has 5 heteroatoms. The molecule has 0 fully saturated rings. The first-order valence-corrected chi connectivity index (χ1v) is 9.83. The molecule has 136 valence electrons. The highest BCUT2D eigenvalue weighted by Gasteiger charge is 2.14. The molecule has 3 rings (SSSR count). The summed E-state index contributed by atoms with van der Waals surface area (Å²) in [4.78, 5) is 21.4. The highest BCUT2D eigenvalue weighted by molar-refractivity contribution is 7.18. The highest BCUT2D eigenvalue weighted by atomic mass is 32.1. The first-order valence-electron chi connectivity index (χ1n) is 9.02. The van der Waals surface area contributed by atoms with E-state index < -0.39 is 0 Å². The normalized spacial score (nSPS) is 11.2. The lowest BCUT2D eigenvalue weighted by atomic mass is 10.1. The number of thiazole rings is 1. The van der Waals surface area contributed by atoms with E-state index in [0.29, 0.717) is 6.54 Å². The van der Waals surface area contributed by atoms with Gasteiger partial charge >= 0.3 is 0 Å². The molecule has 4 nitrogen and oxygen atoms in total. The molecular weight excluding hydrogens is 342 g/mol. The zero-order valence-corrected chi connectivity index (χ0v) is 16.4. The second-order valence-electron chi connectivity index (χ2n) is 6.39. The zero-order valence-electron chi connectivity index (χ0n) is 15.6. The molecule has 1 heterocycles. The number of carbonyl (C=O) groups excluding carboxylic acids is 1. The third kappa shape index (κ3) is 4.29. The van der Waals surface area contributed by atoms with Crippen molar-refractivity contribution in [2.45, 2.75) is 26.9 Å². The van der Waals surface area contributed by atoms with Crippen molar-refractivity contribution in [3.05, 3.63) is 64.7 Å². The Bertz CT molecular complexity index is 835. The smallest absolute Gasteiger partial charge is 0.253 e. The molecule has 1 amide bonds. The Morgan fingerprint density at radius 1 is 1.00 bits per heavy atom. The van der Waals surface area contributed by atoms with Crippen molar-refractivity contribution in [2.75, 3.05) is 20.1 Å². The van der Waals surface area contributed by atoms with Gasteiger partial charge in [0.05, 0.1) is 16.8 Å². The van der Waals surface area contributed by atoms with E-state index >= 15 is 0 Å². The quantitative estimate of drug-likeness (QED) is 0.621. The van der Waals surface area contributed by atoms with Gasteiger partial charge in [-0.25, -0.2) is 4.98 Å². The molecular formula is C21H25N3OS. The molecule has 0 saturated carbocycles. The Kier molecular flexibility index (Phi) is 6.01. The van der Waals surface area contributed by atoms with Gasteiger partial charge in [-0.15, -0.1) is 11.3 Å². The van der Waals surface area contributed by atoms with Crippen molar-refractivity contribution in [3.63, 3.8) is 0 Å². The summed E-state index contributed by atoms with van der Waals surface area (Å²) >= 11 is 1.64. The van der Waals surface area contributed by atoms with Crippen LogP contribution in [0.4, 0.5) is 0 Å². The second kappa shape index (κ2) is 8.43. The number of fused-ring (bicyclic) bond motifs is 1. The van der Waals surface area contributed by atoms with Crippen molar-refractivity contribution >= 4 is 27.5 Å². The molecule has 0 aliphatic rings. The molecule has 0 radical (unpaired) electrons. The number of carbonyl (C=O) groups is 1. The molecule has 2 aromatic carbocycles. The summed E-state index contributed by atoms with van der Waals surface area (Å²) in [7, 11) is 1.83. The summed E-state index contributed by atoms with van der Waals surface area (Å²) in [5.74, 6) is 0.0265. The lowest BCUT2D eigenvalue weighted by Gasteiger charge is -2.19. The van der Waals surface area contributed by atoms with Crippen LogP contribution in [0.3, 0.4) is 0 Å².